The molecule has 0 fully saturated rings. The quantitative estimate of drug-likeness (QED) is 0.353. The van der Waals surface area contributed by atoms with Gasteiger partial charge in [0.2, 0.25) is 0 Å². The summed E-state index contributed by atoms with van der Waals surface area (Å²) in [5.41, 5.74) is -1.17. The van der Waals surface area contributed by atoms with Crippen molar-refractivity contribution in [1.82, 2.24) is 9.97 Å². The van der Waals surface area contributed by atoms with Gasteiger partial charge in [-0.25, -0.2) is 4.98 Å². The van der Waals surface area contributed by atoms with Gasteiger partial charge in [-0.1, -0.05) is 47.7 Å². The lowest BCUT2D eigenvalue weighted by molar-refractivity contribution is -0.141. The Bertz CT molecular complexity index is 1360. The van der Waals surface area contributed by atoms with E-state index in [0.29, 0.717) is 23.1 Å². The molecule has 0 saturated heterocycles. The summed E-state index contributed by atoms with van der Waals surface area (Å²) in [6.45, 7) is 5.47. The topological polar surface area (TPSA) is 84.3 Å². The largest absolute Gasteiger partial charge is 0.433 e. The van der Waals surface area contributed by atoms with Crippen LogP contribution in [0.5, 0.6) is 0 Å². The monoisotopic (exact) mass is 556 g/mol. The fraction of sp³-hybridized carbons (Fsp3) is 0.250. The lowest BCUT2D eigenvalue weighted by Gasteiger charge is -2.16. The number of benzene rings is 1. The summed E-state index contributed by atoms with van der Waals surface area (Å²) in [7, 11) is -0.501. The molecule has 0 unspecified atom stereocenters. The van der Waals surface area contributed by atoms with Crippen molar-refractivity contribution < 1.29 is 22.8 Å². The molecule has 6 nitrogen and oxygen atoms in total. The number of carbonyl (C=O) groups is 2. The molecule has 3 aromatic rings. The Hall–Kier alpha value is -2.82. The summed E-state index contributed by atoms with van der Waals surface area (Å²) in [5, 5.41) is 2.92. The summed E-state index contributed by atoms with van der Waals surface area (Å²) in [6, 6.07) is 7.55. The van der Waals surface area contributed by atoms with E-state index in [-0.39, 0.29) is 38.2 Å². The van der Waals surface area contributed by atoms with Crippen molar-refractivity contribution in [2.24, 2.45) is 4.36 Å². The zero-order valence-corrected chi connectivity index (χ0v) is 21.7. The minimum atomic E-state index is -4.76. The molecule has 12 heteroatoms. The molecule has 0 radical (unpaired) electrons. The molecule has 0 aliphatic carbocycles. The van der Waals surface area contributed by atoms with E-state index in [0.717, 1.165) is 6.07 Å². The van der Waals surface area contributed by atoms with Crippen LogP contribution in [0.2, 0.25) is 10.0 Å². The van der Waals surface area contributed by atoms with Crippen molar-refractivity contribution in [2.75, 3.05) is 16.8 Å². The highest BCUT2D eigenvalue weighted by Crippen LogP contribution is 2.34. The molecule has 190 valence electrons. The zero-order valence-electron chi connectivity index (χ0n) is 19.4. The number of nitrogens with one attached hydrogen (secondary N) is 1. The predicted octanol–water partition coefficient (Wildman–Crippen LogP) is 7.01. The molecule has 1 N–H and O–H groups in total. The van der Waals surface area contributed by atoms with Crippen molar-refractivity contribution in [1.29, 1.82) is 0 Å². The molecular formula is C24H21Cl2F3N4O2S. The summed E-state index contributed by atoms with van der Waals surface area (Å²) < 4.78 is 44.4. The first kappa shape index (κ1) is 27.8. The van der Waals surface area contributed by atoms with Gasteiger partial charge in [-0.2, -0.15) is 17.5 Å². The third kappa shape index (κ3) is 6.29. The zero-order chi connectivity index (χ0) is 26.6. The molecule has 2 amide bonds. The Morgan fingerprint density at radius 3 is 2.36 bits per heavy atom. The molecule has 36 heavy (non-hydrogen) atoms. The summed E-state index contributed by atoms with van der Waals surface area (Å²) in [6.07, 6.45) is -3.43. The number of nitrogens with zero attached hydrogens (tertiary/aromatic N) is 3. The van der Waals surface area contributed by atoms with Crippen LogP contribution in [0.15, 0.2) is 47.0 Å². The number of hydrogen-bond donors (Lipinski definition) is 1. The first-order valence-corrected chi connectivity index (χ1v) is 13.0. The lowest BCUT2D eigenvalue weighted by atomic mass is 10.0. The van der Waals surface area contributed by atoms with Crippen LogP contribution in [0.3, 0.4) is 0 Å². The third-order valence-electron chi connectivity index (χ3n) is 5.06. The predicted molar refractivity (Wildman–Crippen MR) is 137 cm³/mol. The maximum Gasteiger partial charge on any atom is 0.433 e. The lowest BCUT2D eigenvalue weighted by Crippen LogP contribution is -2.19. The number of hydrogen-bond acceptors (Lipinski definition) is 4. The SMILES string of the molecule is CCS(CC)=NC(=O)c1cc(Cl)cc(C)c1NC(=O)c1ccc(C(F)(F)F)nc1-c1ncccc1Cl. The van der Waals surface area contributed by atoms with Gasteiger partial charge in [0, 0.05) is 22.7 Å². The number of halogens is 5. The van der Waals surface area contributed by atoms with E-state index in [9.17, 15) is 22.8 Å². The fourth-order valence-corrected chi connectivity index (χ4v) is 4.78. The van der Waals surface area contributed by atoms with E-state index in [4.69, 9.17) is 23.2 Å². The van der Waals surface area contributed by atoms with Gasteiger partial charge < -0.3 is 5.32 Å². The van der Waals surface area contributed by atoms with Crippen LogP contribution >= 0.6 is 23.2 Å². The molecule has 2 heterocycles. The number of anilines is 1. The number of alkyl halides is 3. The number of pyridine rings is 2. The number of aromatic nitrogens is 2. The Morgan fingerprint density at radius 2 is 1.75 bits per heavy atom. The van der Waals surface area contributed by atoms with E-state index >= 15 is 0 Å². The summed E-state index contributed by atoms with van der Waals surface area (Å²) >= 11 is 12.3. The second kappa shape index (κ2) is 11.5. The van der Waals surface area contributed by atoms with E-state index in [1.807, 2.05) is 13.8 Å². The Labute approximate surface area is 218 Å². The average Bonchev–Trinajstić information content (AvgIpc) is 2.83. The highest BCUT2D eigenvalue weighted by atomic mass is 35.5. The van der Waals surface area contributed by atoms with E-state index in [2.05, 4.69) is 19.6 Å². The first-order chi connectivity index (χ1) is 17.0. The standard InChI is InChI=1S/C24H21Cl2F3N4O2S/c1-4-36(5-2)33-23(35)16-12-14(25)11-13(3)19(16)32-22(34)15-8-9-18(24(27,28)29)31-20(15)21-17(26)7-6-10-30-21/h6-12H,4-5H2,1-3H3,(H,32,34). The molecule has 0 atom stereocenters. The van der Waals surface area contributed by atoms with Gasteiger partial charge >= 0.3 is 6.18 Å². The Balaban J connectivity index is 2.13. The van der Waals surface area contributed by atoms with Gasteiger partial charge in [-0.05, 0) is 48.9 Å². The third-order valence-corrected chi connectivity index (χ3v) is 7.34. The van der Waals surface area contributed by atoms with E-state index < -0.39 is 34.4 Å². The van der Waals surface area contributed by atoms with Gasteiger partial charge in [-0.15, -0.1) is 0 Å². The number of amides is 2. The van der Waals surface area contributed by atoms with Gasteiger partial charge in [0.15, 0.2) is 0 Å². The van der Waals surface area contributed by atoms with Crippen molar-refractivity contribution in [2.45, 2.75) is 26.9 Å². The number of rotatable bonds is 6. The Kier molecular flexibility index (Phi) is 8.86. The minimum Gasteiger partial charge on any atom is -0.321 e. The van der Waals surface area contributed by atoms with Crippen LogP contribution in [0.1, 0.15) is 45.8 Å². The summed E-state index contributed by atoms with van der Waals surface area (Å²) in [4.78, 5) is 34.0. The maximum absolute atomic E-state index is 13.4. The van der Waals surface area contributed by atoms with Gasteiger partial charge in [0.1, 0.15) is 17.1 Å². The molecule has 0 bridgehead atoms. The highest BCUT2D eigenvalue weighted by molar-refractivity contribution is 7.87. The molecule has 0 aliphatic rings. The van der Waals surface area contributed by atoms with Crippen LogP contribution < -0.4 is 5.32 Å². The summed E-state index contributed by atoms with van der Waals surface area (Å²) in [5.74, 6) is -0.0112. The van der Waals surface area contributed by atoms with E-state index in [1.165, 1.54) is 24.4 Å². The van der Waals surface area contributed by atoms with Crippen LogP contribution in [0.25, 0.3) is 11.4 Å². The molecule has 0 saturated carbocycles. The van der Waals surface area contributed by atoms with Gasteiger partial charge in [0.25, 0.3) is 11.8 Å². The maximum atomic E-state index is 13.4. The molecule has 2 aromatic heterocycles. The van der Waals surface area contributed by atoms with Crippen LogP contribution in [0.4, 0.5) is 18.9 Å². The van der Waals surface area contributed by atoms with Crippen LogP contribution in [-0.4, -0.2) is 33.3 Å². The number of aryl methyl sites for hydroxylation is 1. The van der Waals surface area contributed by atoms with Crippen molar-refractivity contribution in [3.05, 3.63) is 75.0 Å². The van der Waals surface area contributed by atoms with Gasteiger partial charge in [0.05, 0.1) is 21.8 Å². The fourth-order valence-electron chi connectivity index (χ4n) is 3.30. The first-order valence-electron chi connectivity index (χ1n) is 10.7. The van der Waals surface area contributed by atoms with Crippen LogP contribution in [-0.2, 0) is 16.9 Å². The van der Waals surface area contributed by atoms with Crippen molar-refractivity contribution in [3.8, 4) is 11.4 Å². The Morgan fingerprint density at radius 1 is 1.06 bits per heavy atom. The minimum absolute atomic E-state index is 0.0156. The second-order valence-corrected chi connectivity index (χ2v) is 10.6. The van der Waals surface area contributed by atoms with Crippen LogP contribution in [0, 0.1) is 6.92 Å². The normalized spacial score (nSPS) is 11.5. The molecule has 3 rings (SSSR count). The molecular weight excluding hydrogens is 536 g/mol. The average molecular weight is 557 g/mol. The van der Waals surface area contributed by atoms with Crippen molar-refractivity contribution >= 4 is 51.4 Å². The van der Waals surface area contributed by atoms with Gasteiger partial charge in [-0.3, -0.25) is 14.6 Å². The smallest absolute Gasteiger partial charge is 0.321 e. The molecule has 0 aliphatic heterocycles. The highest BCUT2D eigenvalue weighted by Gasteiger charge is 2.34. The van der Waals surface area contributed by atoms with Crippen molar-refractivity contribution in [3.63, 3.8) is 0 Å². The molecule has 0 spiro atoms. The second-order valence-electron chi connectivity index (χ2n) is 7.46. The number of carbonyl (C=O) groups excluding carboxylic acids is 2. The van der Waals surface area contributed by atoms with E-state index in [1.54, 1.807) is 13.0 Å². The molecule has 1 aromatic carbocycles.